The van der Waals surface area contributed by atoms with E-state index in [2.05, 4.69) is 64.6 Å². The molecule has 0 amide bonds. The van der Waals surface area contributed by atoms with Gasteiger partial charge in [0.05, 0.1) is 16.7 Å². The van der Waals surface area contributed by atoms with Gasteiger partial charge >= 0.3 is 0 Å². The van der Waals surface area contributed by atoms with Crippen LogP contribution in [0.25, 0.3) is 49.4 Å². The Bertz CT molecular complexity index is 1510. The number of benzene rings is 4. The van der Waals surface area contributed by atoms with E-state index in [9.17, 15) is 0 Å². The van der Waals surface area contributed by atoms with Crippen molar-refractivity contribution >= 4 is 49.4 Å². The van der Waals surface area contributed by atoms with Crippen LogP contribution in [0.5, 0.6) is 0 Å². The summed E-state index contributed by atoms with van der Waals surface area (Å²) in [5, 5.41) is 4.63. The van der Waals surface area contributed by atoms with Crippen LogP contribution in [0.3, 0.4) is 0 Å². The first-order chi connectivity index (χ1) is 13.8. The van der Waals surface area contributed by atoms with Crippen LogP contribution in [0.15, 0.2) is 89.3 Å². The molecule has 0 aliphatic carbocycles. The summed E-state index contributed by atoms with van der Waals surface area (Å²) in [7, 11) is 0. The van der Waals surface area contributed by atoms with Gasteiger partial charge in [-0.05, 0) is 42.5 Å². The number of nitrogens with two attached hydrogens (primary N) is 1. The smallest absolute Gasteiger partial charge is 0.136 e. The number of para-hydroxylation sites is 2. The van der Waals surface area contributed by atoms with Crippen molar-refractivity contribution in [1.29, 1.82) is 0 Å². The van der Waals surface area contributed by atoms with Crippen molar-refractivity contribution in [3.8, 4) is 5.69 Å². The molecule has 134 valence electrons. The number of anilines is 1. The van der Waals surface area contributed by atoms with Crippen molar-refractivity contribution in [3.05, 3.63) is 84.9 Å². The molecule has 0 saturated carbocycles. The number of nitrogen functional groups attached to an aromatic ring is 1. The number of nitrogens with one attached hydrogen (secondary N) is 1. The average molecular weight is 363 g/mol. The molecule has 3 N–H and O–H groups in total. The first-order valence-electron chi connectivity index (χ1n) is 9.25. The Morgan fingerprint density at radius 2 is 1.46 bits per heavy atom. The zero-order valence-electron chi connectivity index (χ0n) is 15.0. The van der Waals surface area contributed by atoms with E-state index in [1.165, 1.54) is 10.8 Å². The number of hydrogen-bond acceptors (Lipinski definition) is 3. The minimum atomic E-state index is 0.873. The molecule has 4 nitrogen and oxygen atoms in total. The minimum absolute atomic E-state index is 0.873. The molecule has 0 spiro atoms. The van der Waals surface area contributed by atoms with E-state index in [1.54, 1.807) is 0 Å². The summed E-state index contributed by atoms with van der Waals surface area (Å²) < 4.78 is 8.41. The van der Waals surface area contributed by atoms with Crippen LogP contribution in [0, 0.1) is 0 Å². The summed E-state index contributed by atoms with van der Waals surface area (Å²) in [6, 6.07) is 29.2. The molecule has 0 saturated heterocycles. The number of rotatable bonds is 2. The Labute approximate surface area is 160 Å². The first-order valence-corrected chi connectivity index (χ1v) is 9.25. The molecule has 4 heteroatoms. The van der Waals surface area contributed by atoms with E-state index in [0.717, 1.165) is 44.3 Å². The minimum Gasteiger partial charge on any atom is -0.456 e. The van der Waals surface area contributed by atoms with Gasteiger partial charge in [0.1, 0.15) is 11.2 Å². The maximum Gasteiger partial charge on any atom is 0.136 e. The van der Waals surface area contributed by atoms with E-state index in [-0.39, 0.29) is 0 Å². The number of hydrazine groups is 1. The van der Waals surface area contributed by atoms with Crippen LogP contribution in [-0.2, 0) is 0 Å². The third kappa shape index (κ3) is 2.03. The average Bonchev–Trinajstić information content (AvgIpc) is 3.27. The molecule has 0 unspecified atom stereocenters. The molecule has 6 aromatic rings. The van der Waals surface area contributed by atoms with E-state index < -0.39 is 0 Å². The first kappa shape index (κ1) is 15.3. The zero-order valence-corrected chi connectivity index (χ0v) is 15.0. The van der Waals surface area contributed by atoms with Gasteiger partial charge in [0.25, 0.3) is 0 Å². The third-order valence-corrected chi connectivity index (χ3v) is 5.44. The summed E-state index contributed by atoms with van der Waals surface area (Å²) >= 11 is 0. The van der Waals surface area contributed by atoms with Crippen LogP contribution < -0.4 is 11.3 Å². The maximum absolute atomic E-state index is 6.13. The highest BCUT2D eigenvalue weighted by molar-refractivity contribution is 6.17. The van der Waals surface area contributed by atoms with Crippen molar-refractivity contribution < 1.29 is 4.42 Å². The maximum atomic E-state index is 6.13. The molecule has 0 fully saturated rings. The number of hydrogen-bond donors (Lipinski definition) is 2. The van der Waals surface area contributed by atoms with Gasteiger partial charge in [-0.1, -0.05) is 42.5 Å². The topological polar surface area (TPSA) is 56.1 Å². The van der Waals surface area contributed by atoms with Gasteiger partial charge in [-0.15, -0.1) is 0 Å². The van der Waals surface area contributed by atoms with Crippen molar-refractivity contribution in [2.75, 3.05) is 5.43 Å². The van der Waals surface area contributed by atoms with E-state index in [4.69, 9.17) is 10.3 Å². The predicted octanol–water partition coefficient (Wildman–Crippen LogP) is 5.97. The molecule has 0 atom stereocenters. The van der Waals surface area contributed by atoms with E-state index in [1.807, 2.05) is 30.3 Å². The van der Waals surface area contributed by atoms with Crippen LogP contribution >= 0.6 is 0 Å². The fourth-order valence-electron chi connectivity index (χ4n) is 4.20. The van der Waals surface area contributed by atoms with E-state index in [0.29, 0.717) is 0 Å². The van der Waals surface area contributed by atoms with Gasteiger partial charge in [0.2, 0.25) is 0 Å². The predicted molar refractivity (Wildman–Crippen MR) is 116 cm³/mol. The van der Waals surface area contributed by atoms with Crippen molar-refractivity contribution in [3.63, 3.8) is 0 Å². The fourth-order valence-corrected chi connectivity index (χ4v) is 4.20. The highest BCUT2D eigenvalue weighted by atomic mass is 16.3. The summed E-state index contributed by atoms with van der Waals surface area (Å²) in [5.74, 6) is 5.65. The normalized spacial score (nSPS) is 11.8. The molecular formula is C24H17N3O. The molecule has 2 heterocycles. The monoisotopic (exact) mass is 363 g/mol. The van der Waals surface area contributed by atoms with Crippen molar-refractivity contribution in [2.45, 2.75) is 0 Å². The van der Waals surface area contributed by atoms with E-state index >= 15 is 0 Å². The summed E-state index contributed by atoms with van der Waals surface area (Å²) in [5.41, 5.74) is 8.81. The van der Waals surface area contributed by atoms with Crippen LogP contribution in [0.4, 0.5) is 5.69 Å². The lowest BCUT2D eigenvalue weighted by molar-refractivity contribution is 0.669. The zero-order chi connectivity index (χ0) is 18.7. The van der Waals surface area contributed by atoms with Gasteiger partial charge in [-0.25, -0.2) is 0 Å². The molecule has 2 aromatic heterocycles. The number of furan rings is 1. The van der Waals surface area contributed by atoms with Crippen LogP contribution in [0.1, 0.15) is 0 Å². The largest absolute Gasteiger partial charge is 0.456 e. The molecule has 0 aliphatic heterocycles. The fraction of sp³-hybridized carbons (Fsp3) is 0. The molecule has 4 aromatic carbocycles. The van der Waals surface area contributed by atoms with Gasteiger partial charge in [-0.2, -0.15) is 0 Å². The second-order valence-electron chi connectivity index (χ2n) is 7.01. The number of fused-ring (bicyclic) bond motifs is 6. The molecule has 28 heavy (non-hydrogen) atoms. The molecule has 0 bridgehead atoms. The van der Waals surface area contributed by atoms with Gasteiger partial charge in [0, 0.05) is 27.2 Å². The van der Waals surface area contributed by atoms with Gasteiger partial charge < -0.3 is 14.4 Å². The quantitative estimate of drug-likeness (QED) is 0.294. The number of nitrogens with zero attached hydrogens (tertiary/aromatic N) is 1. The lowest BCUT2D eigenvalue weighted by atomic mass is 10.1. The lowest BCUT2D eigenvalue weighted by Crippen LogP contribution is -2.07. The SMILES string of the molecule is NNc1cccc(-n2c3ccccc3c3cc4oc5ccccc5c4cc32)c1. The summed E-state index contributed by atoms with van der Waals surface area (Å²) in [6.45, 7) is 0. The highest BCUT2D eigenvalue weighted by Gasteiger charge is 2.16. The third-order valence-electron chi connectivity index (χ3n) is 5.44. The Morgan fingerprint density at radius 3 is 2.36 bits per heavy atom. The summed E-state index contributed by atoms with van der Waals surface area (Å²) in [6.07, 6.45) is 0. The second kappa shape index (κ2) is 5.62. The Balaban J connectivity index is 1.81. The lowest BCUT2D eigenvalue weighted by Gasteiger charge is -2.09. The second-order valence-corrected chi connectivity index (χ2v) is 7.01. The molecule has 6 rings (SSSR count). The molecule has 0 radical (unpaired) electrons. The van der Waals surface area contributed by atoms with Crippen molar-refractivity contribution in [1.82, 2.24) is 4.57 Å². The molecular weight excluding hydrogens is 346 g/mol. The summed E-state index contributed by atoms with van der Waals surface area (Å²) in [4.78, 5) is 0. The Hall–Kier alpha value is -3.76. The standard InChI is InChI=1S/C24H17N3O/c25-26-15-6-5-7-16(12-15)27-21-10-3-1-8-17(21)19-14-24-20(13-22(19)27)18-9-2-4-11-23(18)28-24/h1-14,26H,25H2. The van der Waals surface area contributed by atoms with Gasteiger partial charge in [-0.3, -0.25) is 5.84 Å². The van der Waals surface area contributed by atoms with Crippen molar-refractivity contribution in [2.24, 2.45) is 5.84 Å². The number of aromatic nitrogens is 1. The highest BCUT2D eigenvalue weighted by Crippen LogP contribution is 2.38. The Kier molecular flexibility index (Phi) is 3.07. The molecule has 0 aliphatic rings. The Morgan fingerprint density at radius 1 is 0.643 bits per heavy atom. The van der Waals surface area contributed by atoms with Crippen LogP contribution in [0.2, 0.25) is 0 Å². The van der Waals surface area contributed by atoms with Crippen LogP contribution in [-0.4, -0.2) is 4.57 Å². The van der Waals surface area contributed by atoms with Gasteiger partial charge in [0.15, 0.2) is 0 Å².